The van der Waals surface area contributed by atoms with E-state index in [-0.39, 0.29) is 0 Å². The van der Waals surface area contributed by atoms with Crippen LogP contribution in [0.5, 0.6) is 0 Å². The molecule has 0 atom stereocenters. The van der Waals surface area contributed by atoms with Gasteiger partial charge in [0, 0.05) is 12.8 Å². The van der Waals surface area contributed by atoms with Crippen LogP contribution >= 0.6 is 0 Å². The highest BCUT2D eigenvalue weighted by atomic mass is 16.1. The molecule has 0 aromatic carbocycles. The molecule has 0 saturated heterocycles. The molecule has 0 amide bonds. The third kappa shape index (κ3) is 56.0. The molecule has 0 aromatic heterocycles. The number of hydrogen-bond acceptors (Lipinski definition) is 1. The number of ketones is 1. The molecule has 0 spiro atoms. The molecule has 0 radical (unpaired) electrons. The summed E-state index contributed by atoms with van der Waals surface area (Å²) < 4.78 is 0. The van der Waals surface area contributed by atoms with Gasteiger partial charge < -0.3 is 0 Å². The molecule has 0 unspecified atom stereocenters. The molecule has 0 rings (SSSR count). The molecule has 0 aliphatic heterocycles. The zero-order valence-electron chi connectivity index (χ0n) is 45.5. The van der Waals surface area contributed by atoms with Crippen LogP contribution in [0, 0.1) is 5.92 Å². The van der Waals surface area contributed by atoms with Crippen molar-refractivity contribution in [1.82, 2.24) is 0 Å². The van der Waals surface area contributed by atoms with Gasteiger partial charge in [0.1, 0.15) is 5.78 Å². The van der Waals surface area contributed by atoms with E-state index in [0.29, 0.717) is 5.78 Å². The van der Waals surface area contributed by atoms with Gasteiger partial charge in [0.2, 0.25) is 0 Å². The van der Waals surface area contributed by atoms with Crippen LogP contribution in [0.15, 0.2) is 0 Å². The van der Waals surface area contributed by atoms with E-state index in [1.165, 1.54) is 347 Å². The molecule has 0 aliphatic rings. The average molecular weight is 900 g/mol. The Morgan fingerprint density at radius 2 is 0.344 bits per heavy atom. The van der Waals surface area contributed by atoms with Crippen molar-refractivity contribution in [3.8, 4) is 0 Å². The van der Waals surface area contributed by atoms with Crippen molar-refractivity contribution >= 4 is 5.78 Å². The summed E-state index contributed by atoms with van der Waals surface area (Å²) in [7, 11) is 0. The lowest BCUT2D eigenvalue weighted by Gasteiger charge is -2.17. The van der Waals surface area contributed by atoms with E-state index in [4.69, 9.17) is 0 Å². The minimum atomic E-state index is 0.536. The second-order valence-electron chi connectivity index (χ2n) is 21.9. The number of carbonyl (C=O) groups excluding carboxylic acids is 1. The Balaban J connectivity index is 3.87. The zero-order valence-corrected chi connectivity index (χ0v) is 45.5. The van der Waals surface area contributed by atoms with Crippen molar-refractivity contribution in [3.05, 3.63) is 0 Å². The van der Waals surface area contributed by atoms with Crippen LogP contribution in [-0.2, 0) is 4.79 Å². The van der Waals surface area contributed by atoms with Crippen molar-refractivity contribution in [2.45, 2.75) is 393 Å². The van der Waals surface area contributed by atoms with Gasteiger partial charge in [-0.2, -0.15) is 0 Å². The monoisotopic (exact) mass is 899 g/mol. The smallest absolute Gasteiger partial charge is 0.132 e. The quantitative estimate of drug-likeness (QED) is 0.0556. The predicted molar refractivity (Wildman–Crippen MR) is 293 cm³/mol. The molecule has 0 N–H and O–H groups in total. The minimum absolute atomic E-state index is 0.536. The normalized spacial score (nSPS) is 11.8. The summed E-state index contributed by atoms with van der Waals surface area (Å²) in [4.78, 5) is 12.3. The molecule has 0 heterocycles. The van der Waals surface area contributed by atoms with Gasteiger partial charge in [-0.15, -0.1) is 0 Å². The Hall–Kier alpha value is -0.330. The fourth-order valence-corrected chi connectivity index (χ4v) is 10.7. The number of Topliss-reactive ketones (excluding diaryl/α,β-unsaturated/α-hetero) is 1. The number of unbranched alkanes of at least 4 members (excludes halogenated alkanes) is 49. The molecule has 0 bridgehead atoms. The van der Waals surface area contributed by atoms with E-state index in [9.17, 15) is 4.79 Å². The molecule has 0 saturated carbocycles. The SMILES string of the molecule is CCCCCCCCCCCCCCCCC(CCCCCCCCCCCCCCCC)CCCCCCCCCCCCCCC(=O)CCCCCCCCCCCCCCC. The fourth-order valence-electron chi connectivity index (χ4n) is 10.7. The highest BCUT2D eigenvalue weighted by molar-refractivity contribution is 5.78. The summed E-state index contributed by atoms with van der Waals surface area (Å²) >= 11 is 0. The maximum Gasteiger partial charge on any atom is 0.132 e. The van der Waals surface area contributed by atoms with E-state index < -0.39 is 0 Å². The van der Waals surface area contributed by atoms with Crippen LogP contribution in [0.2, 0.25) is 0 Å². The standard InChI is InChI=1S/C63H126O/c1-4-7-10-13-16-19-22-25-28-32-37-42-47-52-57-62(58-53-48-43-38-33-29-26-23-20-17-14-11-8-5-2)59-54-49-44-39-34-30-31-36-41-46-51-56-61-63(64)60-55-50-45-40-35-27-24-21-18-15-12-9-6-3/h62H,4-61H2,1-3H3. The summed E-state index contributed by atoms with van der Waals surface area (Å²) in [5.41, 5.74) is 0. The van der Waals surface area contributed by atoms with Crippen LogP contribution in [0.4, 0.5) is 0 Å². The van der Waals surface area contributed by atoms with Crippen molar-refractivity contribution in [1.29, 1.82) is 0 Å². The molecular formula is C63H126O. The lowest BCUT2D eigenvalue weighted by atomic mass is 9.89. The van der Waals surface area contributed by atoms with Gasteiger partial charge in [-0.25, -0.2) is 0 Å². The van der Waals surface area contributed by atoms with Crippen LogP contribution in [0.25, 0.3) is 0 Å². The van der Waals surface area contributed by atoms with Gasteiger partial charge in [0.05, 0.1) is 0 Å². The first-order valence-electron chi connectivity index (χ1n) is 31.3. The van der Waals surface area contributed by atoms with Crippen molar-refractivity contribution in [3.63, 3.8) is 0 Å². The lowest BCUT2D eigenvalue weighted by molar-refractivity contribution is -0.119. The number of hydrogen-bond donors (Lipinski definition) is 0. The average Bonchev–Trinajstić information content (AvgIpc) is 3.30. The first-order valence-corrected chi connectivity index (χ1v) is 31.3. The number of carbonyl (C=O) groups is 1. The van der Waals surface area contributed by atoms with Crippen LogP contribution in [-0.4, -0.2) is 5.78 Å². The van der Waals surface area contributed by atoms with Gasteiger partial charge in [0.15, 0.2) is 0 Å². The van der Waals surface area contributed by atoms with Gasteiger partial charge in [0.25, 0.3) is 0 Å². The molecule has 0 aliphatic carbocycles. The second-order valence-corrected chi connectivity index (χ2v) is 21.9. The maximum atomic E-state index is 12.3. The second kappa shape index (κ2) is 58.8. The van der Waals surface area contributed by atoms with Crippen LogP contribution in [0.1, 0.15) is 393 Å². The summed E-state index contributed by atoms with van der Waals surface area (Å²) in [6.07, 6.45) is 82.2. The van der Waals surface area contributed by atoms with E-state index in [2.05, 4.69) is 20.8 Å². The van der Waals surface area contributed by atoms with E-state index in [1.807, 2.05) is 0 Å². The predicted octanol–water partition coefficient (Wildman–Crippen LogP) is 23.9. The minimum Gasteiger partial charge on any atom is -0.300 e. The Morgan fingerprint density at radius 1 is 0.203 bits per heavy atom. The Morgan fingerprint density at radius 3 is 0.516 bits per heavy atom. The molecular weight excluding hydrogens is 773 g/mol. The lowest BCUT2D eigenvalue weighted by Crippen LogP contribution is -2.01. The van der Waals surface area contributed by atoms with Crippen LogP contribution < -0.4 is 0 Å². The zero-order chi connectivity index (χ0) is 46.2. The van der Waals surface area contributed by atoms with E-state index in [0.717, 1.165) is 31.6 Å². The van der Waals surface area contributed by atoms with Crippen molar-refractivity contribution in [2.24, 2.45) is 5.92 Å². The molecule has 0 aromatic rings. The summed E-state index contributed by atoms with van der Waals surface area (Å²) in [5, 5.41) is 0. The molecule has 384 valence electrons. The summed E-state index contributed by atoms with van der Waals surface area (Å²) in [6.45, 7) is 6.94. The van der Waals surface area contributed by atoms with Gasteiger partial charge in [-0.3, -0.25) is 4.79 Å². The molecule has 1 heteroatoms. The highest BCUT2D eigenvalue weighted by Gasteiger charge is 2.09. The van der Waals surface area contributed by atoms with Gasteiger partial charge in [-0.1, -0.05) is 367 Å². The summed E-state index contributed by atoms with van der Waals surface area (Å²) in [6, 6.07) is 0. The van der Waals surface area contributed by atoms with E-state index >= 15 is 0 Å². The Bertz CT molecular complexity index is 784. The number of rotatable bonds is 59. The highest BCUT2D eigenvalue weighted by Crippen LogP contribution is 2.26. The molecule has 1 nitrogen and oxygen atoms in total. The topological polar surface area (TPSA) is 17.1 Å². The van der Waals surface area contributed by atoms with Gasteiger partial charge >= 0.3 is 0 Å². The Labute approximate surface area is 408 Å². The largest absolute Gasteiger partial charge is 0.300 e. The maximum absolute atomic E-state index is 12.3. The first kappa shape index (κ1) is 63.7. The fraction of sp³-hybridized carbons (Fsp3) is 0.984. The van der Waals surface area contributed by atoms with Crippen LogP contribution in [0.3, 0.4) is 0 Å². The first-order chi connectivity index (χ1) is 31.7. The van der Waals surface area contributed by atoms with E-state index in [1.54, 1.807) is 0 Å². The third-order valence-corrected chi connectivity index (χ3v) is 15.3. The molecule has 0 fully saturated rings. The Kier molecular flexibility index (Phi) is 58.5. The summed E-state index contributed by atoms with van der Waals surface area (Å²) in [5.74, 6) is 1.55. The van der Waals surface area contributed by atoms with Gasteiger partial charge in [-0.05, 0) is 18.8 Å². The van der Waals surface area contributed by atoms with Crippen molar-refractivity contribution in [2.75, 3.05) is 0 Å². The third-order valence-electron chi connectivity index (χ3n) is 15.3. The van der Waals surface area contributed by atoms with Crippen molar-refractivity contribution < 1.29 is 4.79 Å². The molecule has 64 heavy (non-hydrogen) atoms.